The van der Waals surface area contributed by atoms with Crippen LogP contribution in [0.1, 0.15) is 5.56 Å². The second-order valence-electron chi connectivity index (χ2n) is 4.31. The lowest BCUT2D eigenvalue weighted by atomic mass is 10.1. The molecule has 0 unspecified atom stereocenters. The van der Waals surface area contributed by atoms with E-state index >= 15 is 0 Å². The number of fused-ring (bicyclic) bond motifs is 1. The molecule has 102 valence electrons. The zero-order valence-corrected chi connectivity index (χ0v) is 11.8. The fraction of sp³-hybridized carbons (Fsp3) is 0.0769. The fourth-order valence-electron chi connectivity index (χ4n) is 2.04. The van der Waals surface area contributed by atoms with Crippen LogP contribution in [0.15, 0.2) is 54.1 Å². The molecule has 0 saturated heterocycles. The Bertz CT molecular complexity index is 869. The molecule has 0 aliphatic heterocycles. The number of pyridine rings is 1. The molecule has 2 aromatic heterocycles. The van der Waals surface area contributed by atoms with Crippen molar-refractivity contribution in [1.29, 1.82) is 0 Å². The molecule has 3 rings (SSSR count). The van der Waals surface area contributed by atoms with Crippen molar-refractivity contribution in [2.24, 2.45) is 0 Å². The highest BCUT2D eigenvalue weighted by atomic mass is 35.7. The zero-order chi connectivity index (χ0) is 14.2. The van der Waals surface area contributed by atoms with E-state index in [0.717, 1.165) is 16.5 Å². The number of aromatic nitrogens is 3. The van der Waals surface area contributed by atoms with Gasteiger partial charge in [0.1, 0.15) is 0 Å². The van der Waals surface area contributed by atoms with Crippen molar-refractivity contribution in [1.82, 2.24) is 14.5 Å². The summed E-state index contributed by atoms with van der Waals surface area (Å²) < 4.78 is 24.1. The molecule has 7 heteroatoms. The highest BCUT2D eigenvalue weighted by Crippen LogP contribution is 2.18. The quantitative estimate of drug-likeness (QED) is 0.697. The molecule has 20 heavy (non-hydrogen) atoms. The lowest BCUT2D eigenvalue weighted by Gasteiger charge is -2.06. The molecule has 3 aromatic rings. The third-order valence-electron chi connectivity index (χ3n) is 2.95. The monoisotopic (exact) mass is 307 g/mol. The number of imidazole rings is 1. The van der Waals surface area contributed by atoms with E-state index < -0.39 is 9.05 Å². The van der Waals surface area contributed by atoms with Crippen LogP contribution in [0.5, 0.6) is 0 Å². The third kappa shape index (κ3) is 2.52. The number of nitrogens with zero attached hydrogens (tertiary/aromatic N) is 3. The van der Waals surface area contributed by atoms with Gasteiger partial charge in [-0.2, -0.15) is 0 Å². The maximum absolute atomic E-state index is 11.2. The number of hydrogen-bond acceptors (Lipinski definition) is 4. The van der Waals surface area contributed by atoms with Gasteiger partial charge in [-0.1, -0.05) is 18.2 Å². The van der Waals surface area contributed by atoms with E-state index in [-0.39, 0.29) is 5.03 Å². The Labute approximate surface area is 120 Å². The number of rotatable bonds is 3. The van der Waals surface area contributed by atoms with Gasteiger partial charge in [0.25, 0.3) is 9.05 Å². The molecule has 0 radical (unpaired) electrons. The van der Waals surface area contributed by atoms with Crippen molar-refractivity contribution in [2.75, 3.05) is 0 Å². The summed E-state index contributed by atoms with van der Waals surface area (Å²) in [5.74, 6) is 0. The van der Waals surface area contributed by atoms with Crippen LogP contribution >= 0.6 is 10.7 Å². The molecular weight excluding hydrogens is 298 g/mol. The van der Waals surface area contributed by atoms with E-state index in [1.807, 2.05) is 30.3 Å². The van der Waals surface area contributed by atoms with Gasteiger partial charge in [-0.3, -0.25) is 4.98 Å². The third-order valence-corrected chi connectivity index (χ3v) is 4.14. The maximum atomic E-state index is 11.2. The van der Waals surface area contributed by atoms with Crippen molar-refractivity contribution in [3.63, 3.8) is 0 Å². The van der Waals surface area contributed by atoms with Crippen LogP contribution in [0, 0.1) is 0 Å². The highest BCUT2D eigenvalue weighted by Gasteiger charge is 2.13. The molecule has 0 spiro atoms. The van der Waals surface area contributed by atoms with Crippen LogP contribution in [0.3, 0.4) is 0 Å². The molecular formula is C13H10ClN3O2S. The van der Waals surface area contributed by atoms with Gasteiger partial charge in [-0.25, -0.2) is 13.4 Å². The predicted octanol–water partition coefficient (Wildman–Crippen LogP) is 2.41. The Kier molecular flexibility index (Phi) is 3.19. The minimum absolute atomic E-state index is 0.141. The average molecular weight is 308 g/mol. The SMILES string of the molecule is O=S(=O)(Cl)c1cn(Cc2ccnc3ccccc23)cn1. The van der Waals surface area contributed by atoms with E-state index in [0.29, 0.717) is 6.54 Å². The summed E-state index contributed by atoms with van der Waals surface area (Å²) >= 11 is 0. The molecule has 0 saturated carbocycles. The Morgan fingerprint density at radius 3 is 2.70 bits per heavy atom. The Morgan fingerprint density at radius 2 is 1.95 bits per heavy atom. The van der Waals surface area contributed by atoms with Crippen molar-refractivity contribution in [3.8, 4) is 0 Å². The lowest BCUT2D eigenvalue weighted by molar-refractivity contribution is 0.606. The van der Waals surface area contributed by atoms with Gasteiger partial charge in [0.2, 0.25) is 0 Å². The summed E-state index contributed by atoms with van der Waals surface area (Å²) in [6.07, 6.45) is 4.59. The van der Waals surface area contributed by atoms with Gasteiger partial charge in [0.05, 0.1) is 11.8 Å². The van der Waals surface area contributed by atoms with Crippen molar-refractivity contribution < 1.29 is 8.42 Å². The van der Waals surface area contributed by atoms with Gasteiger partial charge in [0, 0.05) is 35.0 Å². The molecule has 0 amide bonds. The second-order valence-corrected chi connectivity index (χ2v) is 6.82. The first kappa shape index (κ1) is 13.1. The van der Waals surface area contributed by atoms with Gasteiger partial charge >= 0.3 is 0 Å². The van der Waals surface area contributed by atoms with Crippen LogP contribution in [0.25, 0.3) is 10.9 Å². The lowest BCUT2D eigenvalue weighted by Crippen LogP contribution is -1.98. The Balaban J connectivity index is 2.00. The summed E-state index contributed by atoms with van der Waals surface area (Å²) in [7, 11) is 1.47. The molecule has 0 fully saturated rings. The second kappa shape index (κ2) is 4.88. The average Bonchev–Trinajstić information content (AvgIpc) is 2.88. The smallest absolute Gasteiger partial charge is 0.280 e. The van der Waals surface area contributed by atoms with Crippen molar-refractivity contribution in [3.05, 3.63) is 54.6 Å². The van der Waals surface area contributed by atoms with Crippen LogP contribution in [-0.2, 0) is 15.6 Å². The fourth-order valence-corrected chi connectivity index (χ4v) is 2.72. The van der Waals surface area contributed by atoms with Gasteiger partial charge in [0.15, 0.2) is 5.03 Å². The van der Waals surface area contributed by atoms with Gasteiger partial charge < -0.3 is 4.57 Å². The van der Waals surface area contributed by atoms with Crippen LogP contribution in [-0.4, -0.2) is 23.0 Å². The molecule has 5 nitrogen and oxygen atoms in total. The standard InChI is InChI=1S/C13H10ClN3O2S/c14-20(18,19)13-8-17(9-16-13)7-10-5-6-15-12-4-2-1-3-11(10)12/h1-6,8-9H,7H2. The number of hydrogen-bond donors (Lipinski definition) is 0. The first-order valence-electron chi connectivity index (χ1n) is 5.83. The van der Waals surface area contributed by atoms with E-state index in [1.54, 1.807) is 10.8 Å². The van der Waals surface area contributed by atoms with Crippen LogP contribution < -0.4 is 0 Å². The first-order chi connectivity index (χ1) is 9.54. The molecule has 0 aliphatic rings. The first-order valence-corrected chi connectivity index (χ1v) is 8.14. The topological polar surface area (TPSA) is 64.8 Å². The zero-order valence-electron chi connectivity index (χ0n) is 10.3. The van der Waals surface area contributed by atoms with Crippen molar-refractivity contribution in [2.45, 2.75) is 11.6 Å². The molecule has 0 atom stereocenters. The minimum atomic E-state index is -3.79. The number of halogens is 1. The predicted molar refractivity (Wildman–Crippen MR) is 76.1 cm³/mol. The molecule has 1 aromatic carbocycles. The number of para-hydroxylation sites is 1. The van der Waals surface area contributed by atoms with E-state index in [1.165, 1.54) is 12.5 Å². The summed E-state index contributed by atoms with van der Waals surface area (Å²) in [6.45, 7) is 0.502. The molecule has 0 N–H and O–H groups in total. The largest absolute Gasteiger partial charge is 0.332 e. The highest BCUT2D eigenvalue weighted by molar-refractivity contribution is 8.13. The summed E-state index contributed by atoms with van der Waals surface area (Å²) in [5, 5.41) is 0.886. The summed E-state index contributed by atoms with van der Waals surface area (Å²) in [6, 6.07) is 9.68. The normalized spacial score (nSPS) is 11.8. The van der Waals surface area contributed by atoms with E-state index in [2.05, 4.69) is 9.97 Å². The van der Waals surface area contributed by atoms with E-state index in [9.17, 15) is 8.42 Å². The molecule has 2 heterocycles. The Morgan fingerprint density at radius 1 is 1.15 bits per heavy atom. The van der Waals surface area contributed by atoms with Crippen LogP contribution in [0.4, 0.5) is 0 Å². The minimum Gasteiger partial charge on any atom is -0.332 e. The Hall–Kier alpha value is -1.92. The summed E-state index contributed by atoms with van der Waals surface area (Å²) in [4.78, 5) is 8.08. The van der Waals surface area contributed by atoms with E-state index in [4.69, 9.17) is 10.7 Å². The van der Waals surface area contributed by atoms with Crippen molar-refractivity contribution >= 4 is 30.6 Å². The van der Waals surface area contributed by atoms with Gasteiger partial charge in [-0.15, -0.1) is 0 Å². The maximum Gasteiger partial charge on any atom is 0.280 e. The molecule has 0 aliphatic carbocycles. The molecule has 0 bridgehead atoms. The van der Waals surface area contributed by atoms with Crippen LogP contribution in [0.2, 0.25) is 0 Å². The number of benzene rings is 1. The van der Waals surface area contributed by atoms with Gasteiger partial charge in [-0.05, 0) is 17.7 Å². The summed E-state index contributed by atoms with van der Waals surface area (Å²) in [5.41, 5.74) is 1.93.